The lowest BCUT2D eigenvalue weighted by atomic mass is 10.2. The molecule has 0 bridgehead atoms. The first kappa shape index (κ1) is 13.8. The summed E-state index contributed by atoms with van der Waals surface area (Å²) in [5.74, 6) is 0.463. The van der Waals surface area contributed by atoms with Crippen LogP contribution in [0.4, 0.5) is 0 Å². The van der Waals surface area contributed by atoms with E-state index in [0.717, 1.165) is 12.8 Å². The van der Waals surface area contributed by atoms with E-state index in [-0.39, 0.29) is 11.3 Å². The van der Waals surface area contributed by atoms with Gasteiger partial charge >= 0.3 is 5.97 Å². The van der Waals surface area contributed by atoms with Crippen molar-refractivity contribution >= 4 is 35.0 Å². The number of nitrogens with zero attached hydrogens (tertiary/aromatic N) is 1. The van der Waals surface area contributed by atoms with Gasteiger partial charge in [0.05, 0.1) is 17.4 Å². The average molecular weight is 313 g/mol. The lowest BCUT2D eigenvalue weighted by Gasteiger charge is -2.26. The zero-order chi connectivity index (χ0) is 14.3. The molecule has 2 fully saturated rings. The van der Waals surface area contributed by atoms with Crippen molar-refractivity contribution < 1.29 is 19.4 Å². The van der Waals surface area contributed by atoms with Gasteiger partial charge in [-0.3, -0.25) is 4.79 Å². The SMILES string of the molecule is COc1csc(C(=O)N2C(C(=O)O)CSC2C2CC2)c1. The van der Waals surface area contributed by atoms with Gasteiger partial charge in [-0.05, 0) is 18.8 Å². The van der Waals surface area contributed by atoms with Crippen molar-refractivity contribution in [1.82, 2.24) is 4.90 Å². The Labute approximate surface area is 124 Å². The summed E-state index contributed by atoms with van der Waals surface area (Å²) in [6.45, 7) is 0. The number of methoxy groups -OCH3 is 1. The highest BCUT2D eigenvalue weighted by atomic mass is 32.2. The fraction of sp³-hybridized carbons (Fsp3) is 0.538. The normalized spacial score (nSPS) is 25.8. The lowest BCUT2D eigenvalue weighted by molar-refractivity contribution is -0.141. The zero-order valence-corrected chi connectivity index (χ0v) is 12.6. The van der Waals surface area contributed by atoms with Gasteiger partial charge in [0.2, 0.25) is 0 Å². The van der Waals surface area contributed by atoms with Crippen LogP contribution in [0, 0.1) is 5.92 Å². The van der Waals surface area contributed by atoms with Gasteiger partial charge in [-0.15, -0.1) is 23.1 Å². The summed E-state index contributed by atoms with van der Waals surface area (Å²) in [6, 6.07) is 0.963. The Morgan fingerprint density at radius 3 is 2.75 bits per heavy atom. The average Bonchev–Trinajstić information content (AvgIpc) is 3.02. The summed E-state index contributed by atoms with van der Waals surface area (Å²) in [7, 11) is 1.55. The van der Waals surface area contributed by atoms with Crippen LogP contribution in [0.15, 0.2) is 11.4 Å². The van der Waals surface area contributed by atoms with Gasteiger partial charge in [-0.25, -0.2) is 4.79 Å². The number of ether oxygens (including phenoxy) is 1. The monoisotopic (exact) mass is 313 g/mol. The van der Waals surface area contributed by atoms with E-state index < -0.39 is 12.0 Å². The molecule has 1 N–H and O–H groups in total. The number of hydrogen-bond acceptors (Lipinski definition) is 5. The molecule has 7 heteroatoms. The van der Waals surface area contributed by atoms with Crippen molar-refractivity contribution in [1.29, 1.82) is 0 Å². The van der Waals surface area contributed by atoms with Crippen molar-refractivity contribution in [2.75, 3.05) is 12.9 Å². The van der Waals surface area contributed by atoms with E-state index in [1.807, 2.05) is 0 Å². The Kier molecular flexibility index (Phi) is 3.64. The molecule has 0 aromatic carbocycles. The molecule has 2 unspecified atom stereocenters. The van der Waals surface area contributed by atoms with Gasteiger partial charge in [0, 0.05) is 17.2 Å². The van der Waals surface area contributed by atoms with E-state index in [4.69, 9.17) is 4.74 Å². The largest absolute Gasteiger partial charge is 0.496 e. The quantitative estimate of drug-likeness (QED) is 0.922. The molecule has 1 saturated heterocycles. The first-order chi connectivity index (χ1) is 9.61. The zero-order valence-electron chi connectivity index (χ0n) is 10.9. The van der Waals surface area contributed by atoms with Crippen molar-refractivity contribution in [3.8, 4) is 5.75 Å². The number of carboxylic acids is 1. The molecule has 1 amide bonds. The molecular formula is C13H15NO4S2. The molecule has 1 aliphatic carbocycles. The van der Waals surface area contributed by atoms with Crippen LogP contribution in [0.2, 0.25) is 0 Å². The third-order valence-corrected chi connectivity index (χ3v) is 5.96. The fourth-order valence-corrected chi connectivity index (χ4v) is 4.81. The molecule has 2 aliphatic rings. The first-order valence-corrected chi connectivity index (χ1v) is 8.34. The first-order valence-electron chi connectivity index (χ1n) is 6.41. The molecule has 2 atom stereocenters. The van der Waals surface area contributed by atoms with Crippen LogP contribution < -0.4 is 4.74 Å². The summed E-state index contributed by atoms with van der Waals surface area (Å²) in [6.07, 6.45) is 2.17. The predicted molar refractivity (Wildman–Crippen MR) is 77.4 cm³/mol. The molecule has 1 aliphatic heterocycles. The number of carbonyl (C=O) groups is 2. The minimum absolute atomic E-state index is 0.0108. The Hall–Kier alpha value is -1.21. The highest BCUT2D eigenvalue weighted by Gasteiger charge is 2.48. The number of thiophene rings is 1. The predicted octanol–water partition coefficient (Wildman–Crippen LogP) is 2.13. The van der Waals surface area contributed by atoms with Crippen LogP contribution in [-0.2, 0) is 4.79 Å². The number of aliphatic carboxylic acids is 1. The molecule has 2 heterocycles. The molecule has 108 valence electrons. The van der Waals surface area contributed by atoms with E-state index in [0.29, 0.717) is 22.3 Å². The Morgan fingerprint density at radius 2 is 2.20 bits per heavy atom. The molecule has 1 saturated carbocycles. The van der Waals surface area contributed by atoms with E-state index in [9.17, 15) is 14.7 Å². The number of amides is 1. The highest BCUT2D eigenvalue weighted by molar-refractivity contribution is 8.00. The molecule has 1 aromatic heterocycles. The Balaban J connectivity index is 1.86. The van der Waals surface area contributed by atoms with E-state index >= 15 is 0 Å². The van der Waals surface area contributed by atoms with Gasteiger partial charge in [0.25, 0.3) is 5.91 Å². The second kappa shape index (κ2) is 5.29. The number of rotatable bonds is 4. The van der Waals surface area contributed by atoms with Crippen LogP contribution >= 0.6 is 23.1 Å². The summed E-state index contributed by atoms with van der Waals surface area (Å²) in [4.78, 5) is 26.1. The van der Waals surface area contributed by atoms with Crippen molar-refractivity contribution in [3.05, 3.63) is 16.3 Å². The molecule has 0 radical (unpaired) electrons. The maximum Gasteiger partial charge on any atom is 0.327 e. The molecule has 5 nitrogen and oxygen atoms in total. The Morgan fingerprint density at radius 1 is 1.45 bits per heavy atom. The second-order valence-corrected chi connectivity index (χ2v) is 7.04. The number of carbonyl (C=O) groups excluding carboxylic acids is 1. The molecule has 1 aromatic rings. The van der Waals surface area contributed by atoms with Crippen LogP contribution in [0.5, 0.6) is 5.75 Å². The molecular weight excluding hydrogens is 298 g/mol. The maximum absolute atomic E-state index is 12.6. The van der Waals surface area contributed by atoms with Crippen LogP contribution in [-0.4, -0.2) is 46.2 Å². The van der Waals surface area contributed by atoms with Gasteiger partial charge in [-0.1, -0.05) is 0 Å². The summed E-state index contributed by atoms with van der Waals surface area (Å²) >= 11 is 2.89. The van der Waals surface area contributed by atoms with Crippen molar-refractivity contribution in [2.24, 2.45) is 5.92 Å². The maximum atomic E-state index is 12.6. The lowest BCUT2D eigenvalue weighted by Crippen LogP contribution is -2.46. The third kappa shape index (κ3) is 2.40. The van der Waals surface area contributed by atoms with E-state index in [1.165, 1.54) is 11.3 Å². The molecule has 3 rings (SSSR count). The van der Waals surface area contributed by atoms with E-state index in [2.05, 4.69) is 0 Å². The van der Waals surface area contributed by atoms with Gasteiger partial charge in [0.15, 0.2) is 0 Å². The van der Waals surface area contributed by atoms with Gasteiger partial charge < -0.3 is 14.7 Å². The molecule has 20 heavy (non-hydrogen) atoms. The smallest absolute Gasteiger partial charge is 0.327 e. The van der Waals surface area contributed by atoms with Crippen molar-refractivity contribution in [3.63, 3.8) is 0 Å². The van der Waals surface area contributed by atoms with Gasteiger partial charge in [0.1, 0.15) is 11.8 Å². The molecule has 0 spiro atoms. The van der Waals surface area contributed by atoms with Crippen LogP contribution in [0.3, 0.4) is 0 Å². The summed E-state index contributed by atoms with van der Waals surface area (Å²) in [5, 5.41) is 11.1. The number of hydrogen-bond donors (Lipinski definition) is 1. The summed E-state index contributed by atoms with van der Waals surface area (Å²) in [5.41, 5.74) is 0. The van der Waals surface area contributed by atoms with Crippen molar-refractivity contribution in [2.45, 2.75) is 24.3 Å². The fourth-order valence-electron chi connectivity index (χ4n) is 2.38. The number of thioether (sulfide) groups is 1. The third-order valence-electron chi connectivity index (χ3n) is 3.60. The topological polar surface area (TPSA) is 66.8 Å². The number of carboxylic acid groups (broad SMARTS) is 1. The van der Waals surface area contributed by atoms with Crippen LogP contribution in [0.25, 0.3) is 0 Å². The second-order valence-electron chi connectivity index (χ2n) is 4.98. The van der Waals surface area contributed by atoms with Crippen LogP contribution in [0.1, 0.15) is 22.5 Å². The highest BCUT2D eigenvalue weighted by Crippen LogP contribution is 2.46. The van der Waals surface area contributed by atoms with E-state index in [1.54, 1.807) is 35.2 Å². The minimum atomic E-state index is -0.919. The Bertz CT molecular complexity index is 540. The summed E-state index contributed by atoms with van der Waals surface area (Å²) < 4.78 is 5.09. The minimum Gasteiger partial charge on any atom is -0.496 e. The standard InChI is InChI=1S/C13H15NO4S2/c1-18-8-4-10(19-5-8)11(15)14-9(13(16)17)6-20-12(14)7-2-3-7/h4-5,7,9,12H,2-3,6H2,1H3,(H,16,17). The van der Waals surface area contributed by atoms with Gasteiger partial charge in [-0.2, -0.15) is 0 Å².